The van der Waals surface area contributed by atoms with E-state index in [0.29, 0.717) is 5.92 Å². The van der Waals surface area contributed by atoms with Crippen LogP contribution in [0.15, 0.2) is 24.4 Å². The largest absolute Gasteiger partial charge is 0.496 e. The first-order valence-electron chi connectivity index (χ1n) is 5.88. The molecule has 0 amide bonds. The molecule has 2 aromatic rings. The first kappa shape index (κ1) is 12.6. The highest BCUT2D eigenvalue weighted by atomic mass is 16.5. The molecular weight excluding hydrogens is 198 g/mol. The second-order valence-corrected chi connectivity index (χ2v) is 3.78. The van der Waals surface area contributed by atoms with Crippen LogP contribution in [-0.4, -0.2) is 12.1 Å². The van der Waals surface area contributed by atoms with Crippen molar-refractivity contribution in [1.29, 1.82) is 0 Å². The van der Waals surface area contributed by atoms with E-state index in [1.54, 1.807) is 7.11 Å². The molecule has 88 valence electrons. The molecule has 16 heavy (non-hydrogen) atoms. The van der Waals surface area contributed by atoms with Crippen molar-refractivity contribution in [2.24, 2.45) is 0 Å². The second-order valence-electron chi connectivity index (χ2n) is 3.78. The molecule has 0 radical (unpaired) electrons. The third-order valence-electron chi connectivity index (χ3n) is 2.54. The predicted octanol–water partition coefficient (Wildman–Crippen LogP) is 4.33. The zero-order valence-electron chi connectivity index (χ0n) is 10.8. The summed E-state index contributed by atoms with van der Waals surface area (Å²) < 4.78 is 5.36. The van der Waals surface area contributed by atoms with Crippen molar-refractivity contribution >= 4 is 10.9 Å². The van der Waals surface area contributed by atoms with Crippen LogP contribution in [0.4, 0.5) is 0 Å². The van der Waals surface area contributed by atoms with Crippen molar-refractivity contribution in [3.63, 3.8) is 0 Å². The lowest BCUT2D eigenvalue weighted by Crippen LogP contribution is -1.88. The monoisotopic (exact) mass is 219 g/mol. The Balaban J connectivity index is 0.000000606. The molecule has 0 unspecified atom stereocenters. The van der Waals surface area contributed by atoms with Crippen LogP contribution in [0.5, 0.6) is 5.75 Å². The molecule has 2 nitrogen and oxygen atoms in total. The Morgan fingerprint density at radius 3 is 2.44 bits per heavy atom. The summed E-state index contributed by atoms with van der Waals surface area (Å²) in [5.41, 5.74) is 2.46. The van der Waals surface area contributed by atoms with E-state index in [1.165, 1.54) is 10.9 Å². The molecule has 2 rings (SSSR count). The summed E-state index contributed by atoms with van der Waals surface area (Å²) in [6.45, 7) is 8.38. The highest BCUT2D eigenvalue weighted by Gasteiger charge is 2.10. The summed E-state index contributed by atoms with van der Waals surface area (Å²) >= 11 is 0. The van der Waals surface area contributed by atoms with Crippen LogP contribution >= 0.6 is 0 Å². The minimum absolute atomic E-state index is 0.514. The van der Waals surface area contributed by atoms with Crippen LogP contribution < -0.4 is 4.74 Å². The maximum absolute atomic E-state index is 5.36. The molecule has 0 spiro atoms. The second kappa shape index (κ2) is 5.59. The summed E-state index contributed by atoms with van der Waals surface area (Å²) in [4.78, 5) is 3.26. The first-order valence-corrected chi connectivity index (χ1v) is 5.88. The SMILES string of the molecule is CC.COc1cccc2[nH]cc(C(C)C)c12. The van der Waals surface area contributed by atoms with Gasteiger partial charge in [0.25, 0.3) is 0 Å². The van der Waals surface area contributed by atoms with Gasteiger partial charge in [0.15, 0.2) is 0 Å². The zero-order valence-corrected chi connectivity index (χ0v) is 10.8. The number of benzene rings is 1. The van der Waals surface area contributed by atoms with Crippen molar-refractivity contribution in [3.8, 4) is 5.75 Å². The molecule has 1 N–H and O–H groups in total. The minimum Gasteiger partial charge on any atom is -0.496 e. The number of hydrogen-bond donors (Lipinski definition) is 1. The first-order chi connectivity index (χ1) is 7.74. The maximum atomic E-state index is 5.36. The zero-order chi connectivity index (χ0) is 12.1. The Labute approximate surface area is 97.6 Å². The Kier molecular flexibility index (Phi) is 4.41. The molecule has 1 aromatic heterocycles. The van der Waals surface area contributed by atoms with Crippen LogP contribution in [0.25, 0.3) is 10.9 Å². The van der Waals surface area contributed by atoms with Crippen LogP contribution in [0.3, 0.4) is 0 Å². The van der Waals surface area contributed by atoms with Gasteiger partial charge in [0.1, 0.15) is 5.75 Å². The molecule has 0 atom stereocenters. The van der Waals surface area contributed by atoms with Gasteiger partial charge in [0.2, 0.25) is 0 Å². The van der Waals surface area contributed by atoms with Crippen LogP contribution in [0.2, 0.25) is 0 Å². The van der Waals surface area contributed by atoms with Gasteiger partial charge in [0, 0.05) is 17.1 Å². The topological polar surface area (TPSA) is 25.0 Å². The highest BCUT2D eigenvalue weighted by Crippen LogP contribution is 2.32. The fourth-order valence-electron chi connectivity index (χ4n) is 1.80. The lowest BCUT2D eigenvalue weighted by molar-refractivity contribution is 0.419. The number of ether oxygens (including phenoxy) is 1. The highest BCUT2D eigenvalue weighted by molar-refractivity contribution is 5.89. The molecular formula is C14H21NO. The quantitative estimate of drug-likeness (QED) is 0.799. The molecule has 0 aliphatic carbocycles. The normalized spacial score (nSPS) is 10.1. The molecule has 0 fully saturated rings. The summed E-state index contributed by atoms with van der Waals surface area (Å²) in [5.74, 6) is 1.47. The van der Waals surface area contributed by atoms with E-state index in [0.717, 1.165) is 11.3 Å². The van der Waals surface area contributed by atoms with Gasteiger partial charge >= 0.3 is 0 Å². The average Bonchev–Trinajstić information content (AvgIpc) is 2.75. The molecule has 0 saturated heterocycles. The van der Waals surface area contributed by atoms with Gasteiger partial charge in [-0.2, -0.15) is 0 Å². The van der Waals surface area contributed by atoms with E-state index in [9.17, 15) is 0 Å². The lowest BCUT2D eigenvalue weighted by Gasteiger charge is -2.06. The standard InChI is InChI=1S/C12H15NO.C2H6/c1-8(2)9-7-13-10-5-4-6-11(14-3)12(9)10;1-2/h4-8,13H,1-3H3;1-2H3. The van der Waals surface area contributed by atoms with E-state index in [4.69, 9.17) is 4.74 Å². The summed E-state index contributed by atoms with van der Waals surface area (Å²) in [7, 11) is 1.71. The predicted molar refractivity (Wildman–Crippen MR) is 70.3 cm³/mol. The van der Waals surface area contributed by atoms with Gasteiger partial charge in [-0.05, 0) is 23.6 Å². The van der Waals surface area contributed by atoms with Crippen LogP contribution in [0.1, 0.15) is 39.2 Å². The summed E-state index contributed by atoms with van der Waals surface area (Å²) in [5, 5.41) is 1.21. The molecule has 0 saturated carbocycles. The number of hydrogen-bond acceptors (Lipinski definition) is 1. The van der Waals surface area contributed by atoms with Crippen LogP contribution in [-0.2, 0) is 0 Å². The van der Waals surface area contributed by atoms with E-state index in [2.05, 4.69) is 31.1 Å². The molecule has 0 aliphatic heterocycles. The summed E-state index contributed by atoms with van der Waals surface area (Å²) in [6.07, 6.45) is 2.07. The minimum atomic E-state index is 0.514. The smallest absolute Gasteiger partial charge is 0.128 e. The van der Waals surface area contributed by atoms with E-state index >= 15 is 0 Å². The molecule has 0 bridgehead atoms. The Morgan fingerprint density at radius 2 is 1.88 bits per heavy atom. The molecule has 2 heteroatoms. The Hall–Kier alpha value is -1.44. The van der Waals surface area contributed by atoms with Crippen molar-refractivity contribution in [2.75, 3.05) is 7.11 Å². The van der Waals surface area contributed by atoms with E-state index in [-0.39, 0.29) is 0 Å². The van der Waals surface area contributed by atoms with Gasteiger partial charge in [-0.3, -0.25) is 0 Å². The Morgan fingerprint density at radius 1 is 1.19 bits per heavy atom. The molecule has 0 aliphatic rings. The van der Waals surface area contributed by atoms with E-state index in [1.807, 2.05) is 26.0 Å². The van der Waals surface area contributed by atoms with Gasteiger partial charge in [-0.15, -0.1) is 0 Å². The number of methoxy groups -OCH3 is 1. The fourth-order valence-corrected chi connectivity index (χ4v) is 1.80. The van der Waals surface area contributed by atoms with Crippen molar-refractivity contribution < 1.29 is 4.74 Å². The third-order valence-corrected chi connectivity index (χ3v) is 2.54. The Bertz CT molecular complexity index is 443. The molecule has 1 aromatic carbocycles. The van der Waals surface area contributed by atoms with Crippen LogP contribution in [0, 0.1) is 0 Å². The van der Waals surface area contributed by atoms with Gasteiger partial charge in [-0.1, -0.05) is 33.8 Å². The molecule has 1 heterocycles. The van der Waals surface area contributed by atoms with Gasteiger partial charge < -0.3 is 9.72 Å². The van der Waals surface area contributed by atoms with Gasteiger partial charge in [-0.25, -0.2) is 0 Å². The number of rotatable bonds is 2. The number of aromatic amines is 1. The summed E-state index contributed by atoms with van der Waals surface area (Å²) in [6, 6.07) is 6.08. The lowest BCUT2D eigenvalue weighted by atomic mass is 10.0. The average molecular weight is 219 g/mol. The fraction of sp³-hybridized carbons (Fsp3) is 0.429. The van der Waals surface area contributed by atoms with Crippen molar-refractivity contribution in [1.82, 2.24) is 4.98 Å². The van der Waals surface area contributed by atoms with Crippen molar-refractivity contribution in [2.45, 2.75) is 33.6 Å². The number of aromatic nitrogens is 1. The number of H-pyrrole nitrogens is 1. The third kappa shape index (κ3) is 2.21. The number of nitrogens with one attached hydrogen (secondary N) is 1. The van der Waals surface area contributed by atoms with Gasteiger partial charge in [0.05, 0.1) is 7.11 Å². The van der Waals surface area contributed by atoms with Crippen molar-refractivity contribution in [3.05, 3.63) is 30.0 Å². The maximum Gasteiger partial charge on any atom is 0.128 e. The number of fused-ring (bicyclic) bond motifs is 1. The van der Waals surface area contributed by atoms with E-state index < -0.39 is 0 Å².